The lowest BCUT2D eigenvalue weighted by molar-refractivity contribution is 0.277. The molecule has 2 aromatic rings. The molecule has 15 heavy (non-hydrogen) atoms. The van der Waals surface area contributed by atoms with Gasteiger partial charge in [-0.15, -0.1) is 0 Å². The first-order valence-electron chi connectivity index (χ1n) is 4.42. The van der Waals surface area contributed by atoms with Crippen LogP contribution in [0.2, 0.25) is 0 Å². The van der Waals surface area contributed by atoms with Gasteiger partial charge in [-0.3, -0.25) is 4.79 Å². The summed E-state index contributed by atoms with van der Waals surface area (Å²) in [5.41, 5.74) is 0.161. The van der Waals surface area contributed by atoms with Gasteiger partial charge in [-0.05, 0) is 18.2 Å². The highest BCUT2D eigenvalue weighted by molar-refractivity contribution is 5.84. The number of H-pyrrole nitrogens is 1. The summed E-state index contributed by atoms with van der Waals surface area (Å²) in [7, 11) is 1.53. The highest BCUT2D eigenvalue weighted by Gasteiger charge is 2.06. The van der Waals surface area contributed by atoms with Crippen LogP contribution in [0.15, 0.2) is 23.0 Å². The van der Waals surface area contributed by atoms with Crippen molar-refractivity contribution in [2.75, 3.05) is 7.11 Å². The number of ether oxygens (including phenoxy) is 1. The summed E-state index contributed by atoms with van der Waals surface area (Å²) in [5, 5.41) is 16.2. The first-order chi connectivity index (χ1) is 7.26. The minimum Gasteiger partial charge on any atom is -0.497 e. The van der Waals surface area contributed by atoms with Crippen molar-refractivity contribution < 1.29 is 9.84 Å². The molecular weight excluding hydrogens is 196 g/mol. The minimum atomic E-state index is -0.291. The molecule has 2 N–H and O–H groups in total. The molecular formula is C10H10N2O3. The predicted octanol–water partition coefficient (Wildman–Crippen LogP) is 0.424. The Bertz CT molecular complexity index is 548. The summed E-state index contributed by atoms with van der Waals surface area (Å²) in [4.78, 5) is 11.5. The number of benzene rings is 1. The van der Waals surface area contributed by atoms with Gasteiger partial charge < -0.3 is 9.84 Å². The van der Waals surface area contributed by atoms with Crippen molar-refractivity contribution in [3.63, 3.8) is 0 Å². The molecule has 2 rings (SSSR count). The van der Waals surface area contributed by atoms with Crippen molar-refractivity contribution in [2.24, 2.45) is 0 Å². The number of nitrogens with zero attached hydrogens (tertiary/aromatic N) is 1. The van der Waals surface area contributed by atoms with E-state index in [1.165, 1.54) is 7.11 Å². The number of aromatic amines is 1. The number of hydrogen-bond acceptors (Lipinski definition) is 4. The smallest absolute Gasteiger partial charge is 0.272 e. The third-order valence-electron chi connectivity index (χ3n) is 2.22. The predicted molar refractivity (Wildman–Crippen MR) is 54.8 cm³/mol. The van der Waals surface area contributed by atoms with Gasteiger partial charge in [0.15, 0.2) is 0 Å². The fraction of sp³-hybridized carbons (Fsp3) is 0.200. The Morgan fingerprint density at radius 3 is 2.93 bits per heavy atom. The van der Waals surface area contributed by atoms with Crippen molar-refractivity contribution in [3.05, 3.63) is 34.2 Å². The number of aromatic nitrogens is 2. The zero-order valence-electron chi connectivity index (χ0n) is 8.15. The van der Waals surface area contributed by atoms with Gasteiger partial charge in [-0.1, -0.05) is 0 Å². The number of nitrogens with one attached hydrogen (secondary N) is 1. The van der Waals surface area contributed by atoms with E-state index >= 15 is 0 Å². The van der Waals surface area contributed by atoms with E-state index in [1.54, 1.807) is 18.2 Å². The van der Waals surface area contributed by atoms with Crippen molar-refractivity contribution in [1.82, 2.24) is 10.2 Å². The molecule has 0 saturated heterocycles. The molecule has 0 radical (unpaired) electrons. The second-order valence-corrected chi connectivity index (χ2v) is 3.07. The number of rotatable bonds is 2. The fourth-order valence-corrected chi connectivity index (χ4v) is 1.45. The number of aliphatic hydroxyl groups is 1. The number of fused-ring (bicyclic) bond motifs is 1. The zero-order chi connectivity index (χ0) is 10.8. The van der Waals surface area contributed by atoms with Gasteiger partial charge >= 0.3 is 0 Å². The van der Waals surface area contributed by atoms with Crippen LogP contribution in [0, 0.1) is 0 Å². The zero-order valence-corrected chi connectivity index (χ0v) is 8.15. The summed E-state index contributed by atoms with van der Waals surface area (Å²) < 4.78 is 5.02. The molecule has 78 valence electrons. The summed E-state index contributed by atoms with van der Waals surface area (Å²) >= 11 is 0. The van der Waals surface area contributed by atoms with Gasteiger partial charge in [0, 0.05) is 5.39 Å². The Balaban J connectivity index is 2.81. The number of methoxy groups -OCH3 is 1. The Labute approximate surface area is 85.3 Å². The van der Waals surface area contributed by atoms with Crippen LogP contribution in [0.4, 0.5) is 0 Å². The normalized spacial score (nSPS) is 10.5. The van der Waals surface area contributed by atoms with Crippen LogP contribution in [-0.2, 0) is 6.61 Å². The maximum absolute atomic E-state index is 11.5. The molecule has 1 heterocycles. The summed E-state index contributed by atoms with van der Waals surface area (Å²) in [5.74, 6) is 0.600. The lowest BCUT2D eigenvalue weighted by Gasteiger charge is -2.04. The van der Waals surface area contributed by atoms with Crippen molar-refractivity contribution >= 4 is 10.8 Å². The molecule has 5 nitrogen and oxygen atoms in total. The highest BCUT2D eigenvalue weighted by Crippen LogP contribution is 2.19. The van der Waals surface area contributed by atoms with E-state index in [4.69, 9.17) is 9.84 Å². The molecule has 0 bridgehead atoms. The van der Waals surface area contributed by atoms with Crippen molar-refractivity contribution in [3.8, 4) is 5.75 Å². The monoisotopic (exact) mass is 206 g/mol. The molecule has 0 atom stereocenters. The van der Waals surface area contributed by atoms with Crippen LogP contribution in [0.5, 0.6) is 5.75 Å². The largest absolute Gasteiger partial charge is 0.497 e. The van der Waals surface area contributed by atoms with E-state index in [-0.39, 0.29) is 12.2 Å². The van der Waals surface area contributed by atoms with Gasteiger partial charge in [-0.2, -0.15) is 5.10 Å². The van der Waals surface area contributed by atoms with E-state index in [9.17, 15) is 4.79 Å². The molecule has 1 aromatic heterocycles. The molecule has 5 heteroatoms. The number of aliphatic hydroxyl groups excluding tert-OH is 1. The van der Waals surface area contributed by atoms with Gasteiger partial charge in [0.2, 0.25) is 0 Å². The fourth-order valence-electron chi connectivity index (χ4n) is 1.45. The van der Waals surface area contributed by atoms with Gasteiger partial charge in [0.05, 0.1) is 24.8 Å². The van der Waals surface area contributed by atoms with Crippen LogP contribution in [-0.4, -0.2) is 22.4 Å². The minimum absolute atomic E-state index is 0.209. The van der Waals surface area contributed by atoms with Gasteiger partial charge in [0.1, 0.15) is 5.75 Å². The molecule has 0 unspecified atom stereocenters. The molecule has 0 aliphatic carbocycles. The average Bonchev–Trinajstić information content (AvgIpc) is 2.29. The summed E-state index contributed by atoms with van der Waals surface area (Å²) in [6, 6.07) is 5.06. The third-order valence-corrected chi connectivity index (χ3v) is 2.22. The van der Waals surface area contributed by atoms with Gasteiger partial charge in [-0.25, -0.2) is 5.10 Å². The number of hydrogen-bond donors (Lipinski definition) is 2. The molecule has 0 aliphatic heterocycles. The van der Waals surface area contributed by atoms with Crippen LogP contribution in [0.1, 0.15) is 5.69 Å². The van der Waals surface area contributed by atoms with Crippen LogP contribution >= 0.6 is 0 Å². The van der Waals surface area contributed by atoms with Crippen LogP contribution in [0.25, 0.3) is 10.8 Å². The summed E-state index contributed by atoms with van der Waals surface area (Å²) in [6.07, 6.45) is 0. The Morgan fingerprint density at radius 1 is 1.47 bits per heavy atom. The first-order valence-corrected chi connectivity index (χ1v) is 4.42. The SMILES string of the molecule is COc1ccc2c(CO)n[nH]c(=O)c2c1. The molecule has 0 amide bonds. The van der Waals surface area contributed by atoms with E-state index in [2.05, 4.69) is 10.2 Å². The van der Waals surface area contributed by atoms with E-state index in [0.717, 1.165) is 0 Å². The average molecular weight is 206 g/mol. The van der Waals surface area contributed by atoms with Crippen molar-refractivity contribution in [1.29, 1.82) is 0 Å². The Kier molecular flexibility index (Phi) is 2.39. The molecule has 0 aliphatic rings. The molecule has 1 aromatic carbocycles. The second-order valence-electron chi connectivity index (χ2n) is 3.07. The van der Waals surface area contributed by atoms with E-state index < -0.39 is 0 Å². The highest BCUT2D eigenvalue weighted by atomic mass is 16.5. The standard InChI is InChI=1S/C10H10N2O3/c1-15-6-2-3-7-8(4-6)10(14)12-11-9(7)5-13/h2-4,13H,5H2,1H3,(H,12,14). The Hall–Kier alpha value is -1.88. The van der Waals surface area contributed by atoms with Gasteiger partial charge in [0.25, 0.3) is 5.56 Å². The third kappa shape index (κ3) is 1.57. The lowest BCUT2D eigenvalue weighted by Crippen LogP contribution is -2.11. The van der Waals surface area contributed by atoms with Crippen LogP contribution < -0.4 is 10.3 Å². The van der Waals surface area contributed by atoms with Crippen LogP contribution in [0.3, 0.4) is 0 Å². The molecule has 0 fully saturated rings. The second kappa shape index (κ2) is 3.70. The maximum Gasteiger partial charge on any atom is 0.272 e. The Morgan fingerprint density at radius 2 is 2.27 bits per heavy atom. The maximum atomic E-state index is 11.5. The van der Waals surface area contributed by atoms with Crippen molar-refractivity contribution in [2.45, 2.75) is 6.61 Å². The lowest BCUT2D eigenvalue weighted by atomic mass is 10.1. The van der Waals surface area contributed by atoms with E-state index in [0.29, 0.717) is 22.2 Å². The quantitative estimate of drug-likeness (QED) is 0.746. The summed E-state index contributed by atoms with van der Waals surface area (Å²) in [6.45, 7) is -0.209. The topological polar surface area (TPSA) is 75.2 Å². The molecule has 0 saturated carbocycles. The molecule has 0 spiro atoms. The first kappa shape index (κ1) is 9.67. The van der Waals surface area contributed by atoms with E-state index in [1.807, 2.05) is 0 Å².